The maximum Gasteiger partial charge on any atom is 0.263 e. The molecule has 1 aliphatic carbocycles. The quantitative estimate of drug-likeness (QED) is 0.469. The van der Waals surface area contributed by atoms with E-state index in [-0.39, 0.29) is 0 Å². The zero-order chi connectivity index (χ0) is 9.46. The lowest BCUT2D eigenvalue weighted by molar-refractivity contribution is 0.856. The van der Waals surface area contributed by atoms with Crippen LogP contribution in [0.15, 0.2) is 21.9 Å². The second-order valence-corrected chi connectivity index (χ2v) is 7.92. The average molecular weight is 221 g/mol. The van der Waals surface area contributed by atoms with Gasteiger partial charge >= 0.3 is 0 Å². The molecule has 12 heavy (non-hydrogen) atoms. The first-order chi connectivity index (χ1) is 5.46. The number of rotatable bonds is 1. The van der Waals surface area contributed by atoms with Crippen molar-refractivity contribution in [3.8, 4) is 0 Å². The number of hydrogen-bond acceptors (Lipinski definition) is 0. The van der Waals surface area contributed by atoms with E-state index >= 15 is 0 Å². The summed E-state index contributed by atoms with van der Waals surface area (Å²) in [7, 11) is -1.63. The first-order valence-electron chi connectivity index (χ1n) is 4.13. The molecule has 0 aliphatic heterocycles. The minimum absolute atomic E-state index is 0.483. The predicted octanol–water partition coefficient (Wildman–Crippen LogP) is 3.53. The number of hydrogen-bond donors (Lipinski definition) is 0. The normalized spacial score (nSPS) is 24.8. The standard InChI is InChI=1S/C9H14Cl2Si/c1-5-6(2)8(4)9(7(5)3)12(10)11/h7,12H,1-4H3. The fourth-order valence-corrected chi connectivity index (χ4v) is 5.04. The highest BCUT2D eigenvalue weighted by Crippen LogP contribution is 2.39. The Kier molecular flexibility index (Phi) is 3.08. The topological polar surface area (TPSA) is 0 Å². The molecule has 1 rings (SSSR count). The van der Waals surface area contributed by atoms with Gasteiger partial charge in [-0.05, 0) is 37.5 Å². The van der Waals surface area contributed by atoms with Crippen molar-refractivity contribution in [3.63, 3.8) is 0 Å². The van der Waals surface area contributed by atoms with Crippen LogP contribution in [0.25, 0.3) is 0 Å². The van der Waals surface area contributed by atoms with Crippen molar-refractivity contribution >= 4 is 29.6 Å². The second kappa shape index (κ2) is 3.57. The van der Waals surface area contributed by atoms with Crippen LogP contribution >= 0.6 is 22.2 Å². The molecule has 0 aromatic rings. The van der Waals surface area contributed by atoms with Crippen LogP contribution in [0.2, 0.25) is 0 Å². The van der Waals surface area contributed by atoms with E-state index in [9.17, 15) is 0 Å². The van der Waals surface area contributed by atoms with Crippen LogP contribution < -0.4 is 0 Å². The lowest BCUT2D eigenvalue weighted by atomic mass is 10.1. The molecule has 1 atom stereocenters. The Hall–Kier alpha value is 0.277. The SMILES string of the molecule is CC1=C(C)C(C)C([SiH](Cl)Cl)=C1C. The van der Waals surface area contributed by atoms with Gasteiger partial charge in [-0.1, -0.05) is 18.1 Å². The summed E-state index contributed by atoms with van der Waals surface area (Å²) in [6.07, 6.45) is 0. The summed E-state index contributed by atoms with van der Waals surface area (Å²) >= 11 is 12.0. The highest BCUT2D eigenvalue weighted by Gasteiger charge is 2.28. The van der Waals surface area contributed by atoms with E-state index in [0.29, 0.717) is 5.92 Å². The first kappa shape index (κ1) is 10.4. The summed E-state index contributed by atoms with van der Waals surface area (Å²) < 4.78 is 0. The monoisotopic (exact) mass is 220 g/mol. The third-order valence-corrected chi connectivity index (χ3v) is 5.75. The summed E-state index contributed by atoms with van der Waals surface area (Å²) in [5.41, 5.74) is 4.15. The van der Waals surface area contributed by atoms with Crippen LogP contribution in [0.1, 0.15) is 27.7 Å². The Morgan fingerprint density at radius 2 is 1.58 bits per heavy atom. The third kappa shape index (κ3) is 1.50. The van der Waals surface area contributed by atoms with E-state index in [1.54, 1.807) is 0 Å². The van der Waals surface area contributed by atoms with Crippen molar-refractivity contribution < 1.29 is 0 Å². The Balaban J connectivity index is 3.09. The van der Waals surface area contributed by atoms with E-state index < -0.39 is 7.42 Å². The van der Waals surface area contributed by atoms with Crippen molar-refractivity contribution in [1.82, 2.24) is 0 Å². The van der Waals surface area contributed by atoms with Crippen molar-refractivity contribution in [3.05, 3.63) is 21.9 Å². The van der Waals surface area contributed by atoms with Gasteiger partial charge < -0.3 is 0 Å². The molecule has 3 heteroatoms. The maximum atomic E-state index is 6.02. The van der Waals surface area contributed by atoms with Gasteiger partial charge in [0.2, 0.25) is 0 Å². The van der Waals surface area contributed by atoms with Gasteiger partial charge in [-0.25, -0.2) is 0 Å². The Bertz CT molecular complexity index is 264. The van der Waals surface area contributed by atoms with Gasteiger partial charge in [-0.3, -0.25) is 0 Å². The highest BCUT2D eigenvalue weighted by molar-refractivity contribution is 7.37. The summed E-state index contributed by atoms with van der Waals surface area (Å²) in [6.45, 7) is 8.64. The molecular weight excluding hydrogens is 207 g/mol. The van der Waals surface area contributed by atoms with Gasteiger partial charge in [0.05, 0.1) is 0 Å². The Morgan fingerprint density at radius 1 is 1.08 bits per heavy atom. The molecule has 0 nitrogen and oxygen atoms in total. The molecule has 0 spiro atoms. The minimum Gasteiger partial charge on any atom is -0.145 e. The van der Waals surface area contributed by atoms with Crippen molar-refractivity contribution in [1.29, 1.82) is 0 Å². The van der Waals surface area contributed by atoms with Crippen LogP contribution in [0.3, 0.4) is 0 Å². The molecule has 0 amide bonds. The molecule has 68 valence electrons. The molecule has 0 aromatic heterocycles. The van der Waals surface area contributed by atoms with E-state index in [1.807, 2.05) is 0 Å². The van der Waals surface area contributed by atoms with E-state index in [2.05, 4.69) is 27.7 Å². The molecule has 0 bridgehead atoms. The van der Waals surface area contributed by atoms with Gasteiger partial charge in [0.1, 0.15) is 0 Å². The first-order valence-corrected chi connectivity index (χ1v) is 8.20. The van der Waals surface area contributed by atoms with Gasteiger partial charge in [0, 0.05) is 0 Å². The third-order valence-electron chi connectivity index (χ3n) is 2.94. The molecule has 1 aliphatic rings. The molecular formula is C9H14Cl2Si. The smallest absolute Gasteiger partial charge is 0.145 e. The van der Waals surface area contributed by atoms with Crippen molar-refractivity contribution in [2.45, 2.75) is 27.7 Å². The summed E-state index contributed by atoms with van der Waals surface area (Å²) in [5, 5.41) is 1.31. The maximum absolute atomic E-state index is 6.02. The fraction of sp³-hybridized carbons (Fsp3) is 0.556. The molecule has 0 fully saturated rings. The lowest BCUT2D eigenvalue weighted by Gasteiger charge is -2.11. The van der Waals surface area contributed by atoms with Gasteiger partial charge in [-0.2, -0.15) is 0 Å². The molecule has 1 unspecified atom stereocenters. The van der Waals surface area contributed by atoms with Crippen molar-refractivity contribution in [2.24, 2.45) is 5.92 Å². The molecule has 0 saturated carbocycles. The zero-order valence-corrected chi connectivity index (χ0v) is 10.6. The summed E-state index contributed by atoms with van der Waals surface area (Å²) in [4.78, 5) is 0. The summed E-state index contributed by atoms with van der Waals surface area (Å²) in [6, 6.07) is 0. The van der Waals surface area contributed by atoms with Crippen LogP contribution in [0, 0.1) is 5.92 Å². The molecule has 0 aromatic carbocycles. The zero-order valence-electron chi connectivity index (χ0n) is 7.91. The Morgan fingerprint density at radius 3 is 1.75 bits per heavy atom. The summed E-state index contributed by atoms with van der Waals surface area (Å²) in [5.74, 6) is 0.483. The molecule has 0 heterocycles. The van der Waals surface area contributed by atoms with Crippen LogP contribution in [-0.2, 0) is 0 Å². The Labute approximate surface area is 85.3 Å². The largest absolute Gasteiger partial charge is 0.263 e. The van der Waals surface area contributed by atoms with E-state index in [4.69, 9.17) is 22.2 Å². The van der Waals surface area contributed by atoms with Crippen LogP contribution in [0.5, 0.6) is 0 Å². The van der Waals surface area contributed by atoms with Crippen molar-refractivity contribution in [2.75, 3.05) is 0 Å². The predicted molar refractivity (Wildman–Crippen MR) is 59.1 cm³/mol. The molecule has 0 radical (unpaired) electrons. The van der Waals surface area contributed by atoms with Gasteiger partial charge in [0.15, 0.2) is 0 Å². The van der Waals surface area contributed by atoms with Crippen LogP contribution in [0.4, 0.5) is 0 Å². The molecule has 0 N–H and O–H groups in total. The van der Waals surface area contributed by atoms with E-state index in [0.717, 1.165) is 0 Å². The number of allylic oxidation sites excluding steroid dienone is 4. The van der Waals surface area contributed by atoms with Gasteiger partial charge in [-0.15, -0.1) is 22.2 Å². The lowest BCUT2D eigenvalue weighted by Crippen LogP contribution is -2.08. The van der Waals surface area contributed by atoms with E-state index in [1.165, 1.54) is 21.9 Å². The fourth-order valence-electron chi connectivity index (χ4n) is 1.75. The average Bonchev–Trinajstić information content (AvgIpc) is 2.16. The minimum atomic E-state index is -1.63. The highest BCUT2D eigenvalue weighted by atomic mass is 35.7. The molecule has 0 saturated heterocycles. The van der Waals surface area contributed by atoms with Crippen LogP contribution in [-0.4, -0.2) is 7.42 Å². The number of halogens is 2. The van der Waals surface area contributed by atoms with Gasteiger partial charge in [0.25, 0.3) is 7.42 Å². The second-order valence-electron chi connectivity index (χ2n) is 3.41.